The third-order valence-corrected chi connectivity index (χ3v) is 3.64. The summed E-state index contributed by atoms with van der Waals surface area (Å²) >= 11 is 0. The van der Waals surface area contributed by atoms with Crippen molar-refractivity contribution in [2.24, 2.45) is 0 Å². The molecule has 7 nitrogen and oxygen atoms in total. The standard InChI is InChI=1S/C20H20N2O5/c1-5-9-22(10-6-2)20(24)17-12-16(27-21-17)13-26-18-8-7-15(14(3)23)11-19(18)25-4/h1,6-8,11-12H,2,9-10,13H2,3-4H3. The van der Waals surface area contributed by atoms with Crippen molar-refractivity contribution in [3.8, 4) is 23.8 Å². The average molecular weight is 368 g/mol. The van der Waals surface area contributed by atoms with Gasteiger partial charge in [0.15, 0.2) is 28.7 Å². The van der Waals surface area contributed by atoms with Crippen LogP contribution in [-0.2, 0) is 6.61 Å². The number of hydrogen-bond donors (Lipinski definition) is 0. The number of rotatable bonds is 9. The van der Waals surface area contributed by atoms with E-state index < -0.39 is 0 Å². The maximum absolute atomic E-state index is 12.4. The summed E-state index contributed by atoms with van der Waals surface area (Å²) in [4.78, 5) is 25.2. The number of Topliss-reactive ketones (excluding diaryl/α,β-unsaturated/α-hetero) is 1. The van der Waals surface area contributed by atoms with Gasteiger partial charge in [0.2, 0.25) is 0 Å². The first-order chi connectivity index (χ1) is 13.0. The van der Waals surface area contributed by atoms with Crippen LogP contribution in [0.25, 0.3) is 0 Å². The van der Waals surface area contributed by atoms with Crippen molar-refractivity contribution in [2.75, 3.05) is 20.2 Å². The van der Waals surface area contributed by atoms with Crippen LogP contribution in [0.2, 0.25) is 0 Å². The zero-order chi connectivity index (χ0) is 19.8. The predicted octanol–water partition coefficient (Wildman–Crippen LogP) is 2.73. The first-order valence-corrected chi connectivity index (χ1v) is 8.11. The van der Waals surface area contributed by atoms with Gasteiger partial charge >= 0.3 is 0 Å². The smallest absolute Gasteiger partial charge is 0.277 e. The van der Waals surface area contributed by atoms with Gasteiger partial charge in [-0.2, -0.15) is 0 Å². The Morgan fingerprint density at radius 3 is 2.78 bits per heavy atom. The van der Waals surface area contributed by atoms with Gasteiger partial charge in [0, 0.05) is 18.2 Å². The number of ketones is 1. The molecule has 0 unspecified atom stereocenters. The molecule has 0 saturated heterocycles. The van der Waals surface area contributed by atoms with Crippen molar-refractivity contribution in [1.29, 1.82) is 0 Å². The Labute approximate surface area is 157 Å². The monoisotopic (exact) mass is 368 g/mol. The zero-order valence-corrected chi connectivity index (χ0v) is 15.2. The van der Waals surface area contributed by atoms with E-state index in [2.05, 4.69) is 17.7 Å². The summed E-state index contributed by atoms with van der Waals surface area (Å²) in [6.07, 6.45) is 6.85. The molecule has 27 heavy (non-hydrogen) atoms. The lowest BCUT2D eigenvalue weighted by Gasteiger charge is -2.16. The third-order valence-electron chi connectivity index (χ3n) is 3.64. The van der Waals surface area contributed by atoms with Gasteiger partial charge in [-0.1, -0.05) is 17.2 Å². The van der Waals surface area contributed by atoms with E-state index in [0.717, 1.165) is 0 Å². The molecule has 0 aliphatic heterocycles. The quantitative estimate of drug-likeness (QED) is 0.385. The molecule has 140 valence electrons. The van der Waals surface area contributed by atoms with Crippen LogP contribution in [0.15, 0.2) is 41.4 Å². The van der Waals surface area contributed by atoms with Crippen LogP contribution in [-0.4, -0.2) is 41.9 Å². The molecule has 1 aromatic heterocycles. The minimum atomic E-state index is -0.355. The predicted molar refractivity (Wildman–Crippen MR) is 98.8 cm³/mol. The van der Waals surface area contributed by atoms with Crippen LogP contribution in [0.3, 0.4) is 0 Å². The topological polar surface area (TPSA) is 81.9 Å². The SMILES string of the molecule is C#CCN(CC=C)C(=O)c1cc(COc2ccc(C(C)=O)cc2OC)on1. The van der Waals surface area contributed by atoms with Crippen LogP contribution in [0, 0.1) is 12.3 Å². The minimum absolute atomic E-state index is 0.0344. The second kappa shape index (κ2) is 9.25. The van der Waals surface area contributed by atoms with Crippen molar-refractivity contribution in [2.45, 2.75) is 13.5 Å². The summed E-state index contributed by atoms with van der Waals surface area (Å²) in [7, 11) is 1.48. The summed E-state index contributed by atoms with van der Waals surface area (Å²) in [5.74, 6) is 3.20. The van der Waals surface area contributed by atoms with Crippen molar-refractivity contribution in [1.82, 2.24) is 10.1 Å². The van der Waals surface area contributed by atoms with E-state index in [1.807, 2.05) is 0 Å². The number of aromatic nitrogens is 1. The van der Waals surface area contributed by atoms with E-state index in [4.69, 9.17) is 20.4 Å². The number of terminal acetylenes is 1. The van der Waals surface area contributed by atoms with Gasteiger partial charge in [-0.25, -0.2) is 0 Å². The Balaban J connectivity index is 2.08. The van der Waals surface area contributed by atoms with Crippen LogP contribution < -0.4 is 9.47 Å². The Kier molecular flexibility index (Phi) is 6.78. The molecule has 0 fully saturated rings. The summed E-state index contributed by atoms with van der Waals surface area (Å²) in [5.41, 5.74) is 0.646. The Hall–Kier alpha value is -3.53. The molecule has 2 rings (SSSR count). The highest BCUT2D eigenvalue weighted by atomic mass is 16.5. The molecule has 1 amide bonds. The Bertz CT molecular complexity index is 879. The van der Waals surface area contributed by atoms with E-state index in [1.54, 1.807) is 24.3 Å². The lowest BCUT2D eigenvalue weighted by atomic mass is 10.1. The summed E-state index contributed by atoms with van der Waals surface area (Å²) in [6, 6.07) is 6.37. The van der Waals surface area contributed by atoms with Gasteiger partial charge in [-0.15, -0.1) is 13.0 Å². The molecule has 0 aliphatic rings. The van der Waals surface area contributed by atoms with Gasteiger partial charge in [-0.05, 0) is 25.1 Å². The van der Waals surface area contributed by atoms with Crippen LogP contribution in [0.4, 0.5) is 0 Å². The number of methoxy groups -OCH3 is 1. The zero-order valence-electron chi connectivity index (χ0n) is 15.2. The second-order valence-electron chi connectivity index (χ2n) is 5.57. The summed E-state index contributed by atoms with van der Waals surface area (Å²) < 4.78 is 16.0. The van der Waals surface area contributed by atoms with Crippen molar-refractivity contribution in [3.63, 3.8) is 0 Å². The van der Waals surface area contributed by atoms with Gasteiger partial charge in [0.05, 0.1) is 13.7 Å². The molecule has 0 bridgehead atoms. The molecule has 1 heterocycles. The second-order valence-corrected chi connectivity index (χ2v) is 5.57. The molecule has 0 radical (unpaired) electrons. The van der Waals surface area contributed by atoms with Gasteiger partial charge < -0.3 is 18.9 Å². The summed E-state index contributed by atoms with van der Waals surface area (Å²) in [5, 5.41) is 3.77. The molecule has 0 atom stereocenters. The number of benzene rings is 1. The highest BCUT2D eigenvalue weighted by Gasteiger charge is 2.19. The molecule has 0 aliphatic carbocycles. The first kappa shape index (κ1) is 19.8. The van der Waals surface area contributed by atoms with Crippen LogP contribution >= 0.6 is 0 Å². The van der Waals surface area contributed by atoms with E-state index in [0.29, 0.717) is 29.4 Å². The third kappa shape index (κ3) is 4.98. The lowest BCUT2D eigenvalue weighted by molar-refractivity contribution is 0.0782. The fourth-order valence-corrected chi connectivity index (χ4v) is 2.28. The minimum Gasteiger partial charge on any atom is -0.493 e. The van der Waals surface area contributed by atoms with E-state index >= 15 is 0 Å². The number of ether oxygens (including phenoxy) is 2. The molecular weight excluding hydrogens is 348 g/mol. The molecule has 0 N–H and O–H groups in total. The van der Waals surface area contributed by atoms with Crippen LogP contribution in [0.5, 0.6) is 11.5 Å². The molecule has 0 saturated carbocycles. The maximum Gasteiger partial charge on any atom is 0.277 e. The van der Waals surface area contributed by atoms with Gasteiger partial charge in [0.1, 0.15) is 6.61 Å². The first-order valence-electron chi connectivity index (χ1n) is 8.11. The van der Waals surface area contributed by atoms with Crippen molar-refractivity contribution >= 4 is 11.7 Å². The van der Waals surface area contributed by atoms with Gasteiger partial charge in [0.25, 0.3) is 5.91 Å². The molecule has 1 aromatic carbocycles. The summed E-state index contributed by atoms with van der Waals surface area (Å²) in [6.45, 7) is 5.55. The molecule has 7 heteroatoms. The fraction of sp³-hybridized carbons (Fsp3) is 0.250. The molecule has 0 spiro atoms. The normalized spacial score (nSPS) is 9.96. The largest absolute Gasteiger partial charge is 0.493 e. The number of amides is 1. The van der Waals surface area contributed by atoms with E-state index in [1.165, 1.54) is 25.0 Å². The number of nitrogens with zero attached hydrogens (tertiary/aromatic N) is 2. The lowest BCUT2D eigenvalue weighted by Crippen LogP contribution is -2.31. The van der Waals surface area contributed by atoms with E-state index in [9.17, 15) is 9.59 Å². The van der Waals surface area contributed by atoms with Crippen molar-refractivity contribution < 1.29 is 23.6 Å². The fourth-order valence-electron chi connectivity index (χ4n) is 2.28. The van der Waals surface area contributed by atoms with E-state index in [-0.39, 0.29) is 30.5 Å². The Morgan fingerprint density at radius 1 is 1.37 bits per heavy atom. The number of hydrogen-bond acceptors (Lipinski definition) is 6. The molecular formula is C20H20N2O5. The maximum atomic E-state index is 12.4. The number of carbonyl (C=O) groups is 2. The highest BCUT2D eigenvalue weighted by Crippen LogP contribution is 2.29. The average Bonchev–Trinajstić information content (AvgIpc) is 3.14. The van der Waals surface area contributed by atoms with Gasteiger partial charge in [-0.3, -0.25) is 9.59 Å². The van der Waals surface area contributed by atoms with Crippen molar-refractivity contribution in [3.05, 3.63) is 53.9 Å². The highest BCUT2D eigenvalue weighted by molar-refractivity contribution is 5.94. The molecule has 2 aromatic rings. The number of carbonyl (C=O) groups excluding carboxylic acids is 2. The Morgan fingerprint density at radius 2 is 2.15 bits per heavy atom. The van der Waals surface area contributed by atoms with Crippen LogP contribution in [0.1, 0.15) is 33.5 Å².